The van der Waals surface area contributed by atoms with Crippen molar-refractivity contribution < 1.29 is 14.8 Å². The number of benzene rings is 1. The average Bonchev–Trinajstić information content (AvgIpc) is 2.25. The Morgan fingerprint density at radius 3 is 2.82 bits per heavy atom. The van der Waals surface area contributed by atoms with Gasteiger partial charge in [0.05, 0.1) is 4.92 Å². The van der Waals surface area contributed by atoms with Gasteiger partial charge in [-0.2, -0.15) is 0 Å². The van der Waals surface area contributed by atoms with E-state index in [-0.39, 0.29) is 12.1 Å². The van der Waals surface area contributed by atoms with Crippen LogP contribution in [-0.4, -0.2) is 22.5 Å². The number of aryl methyl sites for hydroxylation is 1. The van der Waals surface area contributed by atoms with Gasteiger partial charge < -0.3 is 10.4 Å². The van der Waals surface area contributed by atoms with E-state index in [1.165, 1.54) is 6.07 Å². The monoisotopic (exact) mass is 238 g/mol. The molecule has 6 nitrogen and oxygen atoms in total. The number of anilines is 1. The number of carboxylic acid groups (broad SMARTS) is 1. The molecule has 0 fully saturated rings. The van der Waals surface area contributed by atoms with Crippen LogP contribution in [-0.2, 0) is 4.79 Å². The maximum Gasteiger partial charge on any atom is 0.303 e. The minimum Gasteiger partial charge on any atom is -0.481 e. The molecule has 1 aromatic rings. The molecule has 2 N–H and O–H groups in total. The Kier molecular flexibility index (Phi) is 4.45. The summed E-state index contributed by atoms with van der Waals surface area (Å²) in [6.45, 7) is 2.15. The van der Waals surface area contributed by atoms with Crippen molar-refractivity contribution in [3.8, 4) is 0 Å². The molecule has 0 atom stereocenters. The molecular formula is C11H14N2O4. The third-order valence-electron chi connectivity index (χ3n) is 2.30. The molecular weight excluding hydrogens is 224 g/mol. The lowest BCUT2D eigenvalue weighted by Gasteiger charge is -2.06. The van der Waals surface area contributed by atoms with Gasteiger partial charge in [0, 0.05) is 30.3 Å². The average molecular weight is 238 g/mol. The molecule has 92 valence electrons. The molecule has 0 aromatic heterocycles. The summed E-state index contributed by atoms with van der Waals surface area (Å²) in [5.74, 6) is -0.846. The minimum absolute atomic E-state index is 0.0632. The van der Waals surface area contributed by atoms with Crippen molar-refractivity contribution in [2.75, 3.05) is 11.9 Å². The van der Waals surface area contributed by atoms with E-state index in [1.807, 2.05) is 0 Å². The van der Waals surface area contributed by atoms with Crippen LogP contribution in [0.25, 0.3) is 0 Å². The van der Waals surface area contributed by atoms with Crippen molar-refractivity contribution >= 4 is 17.3 Å². The molecule has 1 rings (SSSR count). The molecule has 0 heterocycles. The van der Waals surface area contributed by atoms with Crippen LogP contribution in [0.4, 0.5) is 11.4 Å². The molecule has 0 amide bonds. The molecule has 0 saturated heterocycles. The van der Waals surface area contributed by atoms with E-state index >= 15 is 0 Å². The second-order valence-electron chi connectivity index (χ2n) is 3.68. The Bertz CT molecular complexity index is 431. The van der Waals surface area contributed by atoms with Gasteiger partial charge in [-0.1, -0.05) is 6.07 Å². The van der Waals surface area contributed by atoms with Gasteiger partial charge in [-0.25, -0.2) is 0 Å². The molecule has 0 bridgehead atoms. The minimum atomic E-state index is -0.846. The molecule has 0 unspecified atom stereocenters. The number of nitro benzene ring substituents is 1. The lowest BCUT2D eigenvalue weighted by molar-refractivity contribution is -0.385. The zero-order valence-electron chi connectivity index (χ0n) is 9.47. The second-order valence-corrected chi connectivity index (χ2v) is 3.68. The molecule has 0 aliphatic rings. The fourth-order valence-corrected chi connectivity index (χ4v) is 1.39. The summed E-state index contributed by atoms with van der Waals surface area (Å²) >= 11 is 0. The Morgan fingerprint density at radius 2 is 2.24 bits per heavy atom. The maximum atomic E-state index is 10.7. The van der Waals surface area contributed by atoms with Crippen LogP contribution in [0, 0.1) is 17.0 Å². The first-order chi connectivity index (χ1) is 8.00. The van der Waals surface area contributed by atoms with Crippen LogP contribution in [0.1, 0.15) is 18.4 Å². The standard InChI is InChI=1S/C11H14N2O4/c1-8-4-5-9(7-10(8)13(16)17)12-6-2-3-11(14)15/h4-5,7,12H,2-3,6H2,1H3,(H,14,15). The van der Waals surface area contributed by atoms with Crippen LogP contribution in [0.3, 0.4) is 0 Å². The van der Waals surface area contributed by atoms with E-state index in [9.17, 15) is 14.9 Å². The second kappa shape index (κ2) is 5.83. The van der Waals surface area contributed by atoms with E-state index in [2.05, 4.69) is 5.32 Å². The normalized spacial score (nSPS) is 9.94. The van der Waals surface area contributed by atoms with Crippen LogP contribution in [0.15, 0.2) is 18.2 Å². The number of nitrogens with zero attached hydrogens (tertiary/aromatic N) is 1. The summed E-state index contributed by atoms with van der Waals surface area (Å²) in [4.78, 5) is 20.5. The van der Waals surface area contributed by atoms with Gasteiger partial charge in [0.2, 0.25) is 0 Å². The van der Waals surface area contributed by atoms with Gasteiger partial charge in [-0.15, -0.1) is 0 Å². The van der Waals surface area contributed by atoms with Crippen LogP contribution < -0.4 is 5.32 Å². The van der Waals surface area contributed by atoms with Gasteiger partial charge in [-0.05, 0) is 19.4 Å². The SMILES string of the molecule is Cc1ccc(NCCCC(=O)O)cc1[N+](=O)[O-]. The first-order valence-corrected chi connectivity index (χ1v) is 5.21. The summed E-state index contributed by atoms with van der Waals surface area (Å²) in [7, 11) is 0. The number of aliphatic carboxylic acids is 1. The lowest BCUT2D eigenvalue weighted by Crippen LogP contribution is -2.05. The third kappa shape index (κ3) is 4.10. The highest BCUT2D eigenvalue weighted by Gasteiger charge is 2.10. The predicted molar refractivity (Wildman–Crippen MR) is 63.2 cm³/mol. The van der Waals surface area contributed by atoms with Gasteiger partial charge >= 0.3 is 5.97 Å². The number of carboxylic acids is 1. The van der Waals surface area contributed by atoms with Crippen molar-refractivity contribution in [1.29, 1.82) is 0 Å². The van der Waals surface area contributed by atoms with Crippen molar-refractivity contribution in [2.45, 2.75) is 19.8 Å². The molecule has 17 heavy (non-hydrogen) atoms. The number of nitro groups is 1. The summed E-state index contributed by atoms with van der Waals surface area (Å²) < 4.78 is 0. The highest BCUT2D eigenvalue weighted by Crippen LogP contribution is 2.22. The number of carbonyl (C=O) groups is 1. The van der Waals surface area contributed by atoms with E-state index in [1.54, 1.807) is 19.1 Å². The molecule has 0 aliphatic carbocycles. The summed E-state index contributed by atoms with van der Waals surface area (Å²) in [6.07, 6.45) is 0.567. The summed E-state index contributed by atoms with van der Waals surface area (Å²) in [5, 5.41) is 22.1. The van der Waals surface area contributed by atoms with Crippen LogP contribution in [0.2, 0.25) is 0 Å². The smallest absolute Gasteiger partial charge is 0.303 e. The van der Waals surface area contributed by atoms with Gasteiger partial charge in [0.1, 0.15) is 0 Å². The number of nitrogens with one attached hydrogen (secondary N) is 1. The fraction of sp³-hybridized carbons (Fsp3) is 0.364. The van der Waals surface area contributed by atoms with Crippen LogP contribution >= 0.6 is 0 Å². The van der Waals surface area contributed by atoms with Crippen molar-refractivity contribution in [3.05, 3.63) is 33.9 Å². The summed E-state index contributed by atoms with van der Waals surface area (Å²) in [5.41, 5.74) is 1.30. The molecule has 0 radical (unpaired) electrons. The van der Waals surface area contributed by atoms with Crippen LogP contribution in [0.5, 0.6) is 0 Å². The zero-order chi connectivity index (χ0) is 12.8. The molecule has 1 aromatic carbocycles. The van der Waals surface area contributed by atoms with Crippen molar-refractivity contribution in [3.63, 3.8) is 0 Å². The quantitative estimate of drug-likeness (QED) is 0.450. The number of rotatable bonds is 6. The fourth-order valence-electron chi connectivity index (χ4n) is 1.39. The first-order valence-electron chi connectivity index (χ1n) is 5.21. The highest BCUT2D eigenvalue weighted by atomic mass is 16.6. The molecule has 6 heteroatoms. The third-order valence-corrected chi connectivity index (χ3v) is 2.30. The first kappa shape index (κ1) is 13.0. The number of hydrogen-bond acceptors (Lipinski definition) is 4. The van der Waals surface area contributed by atoms with Gasteiger partial charge in [-0.3, -0.25) is 14.9 Å². The maximum absolute atomic E-state index is 10.7. The molecule has 0 spiro atoms. The number of hydrogen-bond donors (Lipinski definition) is 2. The van der Waals surface area contributed by atoms with Gasteiger partial charge in [0.25, 0.3) is 5.69 Å². The Labute approximate surface area is 98.4 Å². The molecule has 0 saturated carbocycles. The lowest BCUT2D eigenvalue weighted by atomic mass is 10.2. The summed E-state index contributed by atoms with van der Waals surface area (Å²) in [6, 6.07) is 4.86. The van der Waals surface area contributed by atoms with E-state index < -0.39 is 10.9 Å². The van der Waals surface area contributed by atoms with Crippen molar-refractivity contribution in [2.24, 2.45) is 0 Å². The Morgan fingerprint density at radius 1 is 1.53 bits per heavy atom. The largest absolute Gasteiger partial charge is 0.481 e. The zero-order valence-corrected chi connectivity index (χ0v) is 9.47. The van der Waals surface area contributed by atoms with E-state index in [0.29, 0.717) is 24.2 Å². The highest BCUT2D eigenvalue weighted by molar-refractivity contribution is 5.66. The van der Waals surface area contributed by atoms with Gasteiger partial charge in [0.15, 0.2) is 0 Å². The topological polar surface area (TPSA) is 92.5 Å². The van der Waals surface area contributed by atoms with Crippen molar-refractivity contribution in [1.82, 2.24) is 0 Å². The Hall–Kier alpha value is -2.11. The predicted octanol–water partition coefficient (Wildman–Crippen LogP) is 2.18. The van der Waals surface area contributed by atoms with E-state index in [4.69, 9.17) is 5.11 Å². The Balaban J connectivity index is 2.57. The molecule has 0 aliphatic heterocycles. The van der Waals surface area contributed by atoms with E-state index in [0.717, 1.165) is 0 Å².